The summed E-state index contributed by atoms with van der Waals surface area (Å²) in [5.41, 5.74) is 1.03. The van der Waals surface area contributed by atoms with Crippen LogP contribution in [0.25, 0.3) is 11.4 Å². The van der Waals surface area contributed by atoms with Gasteiger partial charge in [0.25, 0.3) is 12.2 Å². The van der Waals surface area contributed by atoms with Crippen LogP contribution in [0.3, 0.4) is 0 Å². The molecule has 0 aliphatic carbocycles. The fraction of sp³-hybridized carbons (Fsp3) is 0.111. The molecule has 0 radical (unpaired) electrons. The molecule has 4 nitrogen and oxygen atoms in total. The minimum Gasteiger partial charge on any atom is -0.249 e. The Labute approximate surface area is 95.2 Å². The van der Waals surface area contributed by atoms with Crippen LogP contribution in [-0.2, 0) is 7.05 Å². The Morgan fingerprint density at radius 3 is 2.93 bits per heavy atom. The molecule has 0 atom stereocenters. The molecule has 0 aromatic carbocycles. The van der Waals surface area contributed by atoms with Crippen LogP contribution in [0.5, 0.6) is 0 Å². The molecule has 2 aromatic heterocycles. The number of rotatable bonds is 1. The molecule has 0 N–H and O–H groups in total. The highest BCUT2D eigenvalue weighted by Gasteiger charge is 2.12. The van der Waals surface area contributed by atoms with Gasteiger partial charge in [0.2, 0.25) is 6.33 Å². The molecule has 0 amide bonds. The number of aromatic nitrogens is 4. The average molecular weight is 299 g/mol. The smallest absolute Gasteiger partial charge is 0.249 e. The fourth-order valence-electron chi connectivity index (χ4n) is 1.18. The average Bonchev–Trinajstić information content (AvgIpc) is 2.20. The van der Waals surface area contributed by atoms with Crippen molar-refractivity contribution in [2.75, 3.05) is 0 Å². The number of hydrogen-bond donors (Lipinski definition) is 0. The molecule has 0 saturated carbocycles. The summed E-state index contributed by atoms with van der Waals surface area (Å²) in [5, 5.41) is 0. The molecule has 0 aliphatic rings. The Hall–Kier alpha value is -1.11. The van der Waals surface area contributed by atoms with E-state index in [1.165, 1.54) is 0 Å². The van der Waals surface area contributed by atoms with Gasteiger partial charge in [-0.2, -0.15) is 0 Å². The van der Waals surface area contributed by atoms with Crippen LogP contribution in [0.4, 0.5) is 0 Å². The van der Waals surface area contributed by atoms with Gasteiger partial charge in [0.15, 0.2) is 0 Å². The number of aryl methyl sites for hydroxylation is 1. The van der Waals surface area contributed by atoms with Crippen molar-refractivity contribution in [3.63, 3.8) is 0 Å². The van der Waals surface area contributed by atoms with Crippen LogP contribution >= 0.6 is 22.6 Å². The van der Waals surface area contributed by atoms with Crippen molar-refractivity contribution in [2.45, 2.75) is 0 Å². The summed E-state index contributed by atoms with van der Waals surface area (Å²) in [6, 6.07) is 3.90. The van der Waals surface area contributed by atoms with Gasteiger partial charge >= 0.3 is 0 Å². The zero-order chi connectivity index (χ0) is 9.97. The summed E-state index contributed by atoms with van der Waals surface area (Å²) in [6.45, 7) is 0. The summed E-state index contributed by atoms with van der Waals surface area (Å²) in [6.07, 6.45) is 5.04. The monoisotopic (exact) mass is 299 g/mol. The van der Waals surface area contributed by atoms with Gasteiger partial charge in [0.05, 0.1) is 12.6 Å². The lowest BCUT2D eigenvalue weighted by Crippen LogP contribution is -2.32. The summed E-state index contributed by atoms with van der Waals surface area (Å²) in [7, 11) is 1.92. The summed E-state index contributed by atoms with van der Waals surface area (Å²) in [5.74, 6) is 0.873. The van der Waals surface area contributed by atoms with E-state index in [1.54, 1.807) is 18.9 Å². The van der Waals surface area contributed by atoms with Gasteiger partial charge in [0, 0.05) is 6.20 Å². The molecule has 0 fully saturated rings. The highest BCUT2D eigenvalue weighted by Crippen LogP contribution is 2.17. The lowest BCUT2D eigenvalue weighted by atomic mass is 10.3. The molecule has 14 heavy (non-hydrogen) atoms. The SMILES string of the molecule is C[n+]1cncnc1-c1cccnc1I. The first-order chi connectivity index (χ1) is 6.79. The third-order valence-corrected chi connectivity index (χ3v) is 2.68. The van der Waals surface area contributed by atoms with Crippen molar-refractivity contribution in [1.82, 2.24) is 15.0 Å². The van der Waals surface area contributed by atoms with Crippen molar-refractivity contribution in [3.8, 4) is 11.4 Å². The third-order valence-electron chi connectivity index (χ3n) is 1.82. The second-order valence-electron chi connectivity index (χ2n) is 2.79. The van der Waals surface area contributed by atoms with Crippen LogP contribution in [0, 0.1) is 3.70 Å². The van der Waals surface area contributed by atoms with Gasteiger partial charge in [-0.25, -0.2) is 9.55 Å². The summed E-state index contributed by atoms with van der Waals surface area (Å²) < 4.78 is 2.82. The molecule has 2 aromatic rings. The van der Waals surface area contributed by atoms with E-state index in [4.69, 9.17) is 0 Å². The van der Waals surface area contributed by atoms with E-state index in [0.717, 1.165) is 15.1 Å². The van der Waals surface area contributed by atoms with Crippen LogP contribution in [-0.4, -0.2) is 15.0 Å². The highest BCUT2D eigenvalue weighted by molar-refractivity contribution is 14.1. The summed E-state index contributed by atoms with van der Waals surface area (Å²) >= 11 is 2.20. The van der Waals surface area contributed by atoms with E-state index in [0.29, 0.717) is 0 Å². The number of nitrogens with zero attached hydrogens (tertiary/aromatic N) is 4. The van der Waals surface area contributed by atoms with E-state index < -0.39 is 0 Å². The van der Waals surface area contributed by atoms with Crippen molar-refractivity contribution in [3.05, 3.63) is 34.7 Å². The second kappa shape index (κ2) is 3.95. The second-order valence-corrected chi connectivity index (χ2v) is 3.81. The van der Waals surface area contributed by atoms with E-state index in [2.05, 4.69) is 37.5 Å². The Kier molecular flexibility index (Phi) is 2.67. The Morgan fingerprint density at radius 2 is 2.21 bits per heavy atom. The number of pyridine rings is 1. The van der Waals surface area contributed by atoms with Gasteiger partial charge in [-0.3, -0.25) is 0 Å². The Bertz CT molecular complexity index is 415. The lowest BCUT2D eigenvalue weighted by Gasteiger charge is -2.00. The van der Waals surface area contributed by atoms with Gasteiger partial charge in [-0.05, 0) is 34.7 Å². The lowest BCUT2D eigenvalue weighted by molar-refractivity contribution is -0.666. The largest absolute Gasteiger partial charge is 0.275 e. The van der Waals surface area contributed by atoms with Crippen LogP contribution in [0.2, 0.25) is 0 Å². The van der Waals surface area contributed by atoms with Crippen molar-refractivity contribution >= 4 is 22.6 Å². The first-order valence-corrected chi connectivity index (χ1v) is 5.13. The Balaban J connectivity index is 2.61. The highest BCUT2D eigenvalue weighted by atomic mass is 127. The fourth-order valence-corrected chi connectivity index (χ4v) is 1.76. The maximum atomic E-state index is 4.22. The van der Waals surface area contributed by atoms with Gasteiger partial charge in [0.1, 0.15) is 3.70 Å². The molecular weight excluding hydrogens is 291 g/mol. The predicted molar refractivity (Wildman–Crippen MR) is 59.2 cm³/mol. The molecule has 2 heterocycles. The zero-order valence-corrected chi connectivity index (χ0v) is 9.71. The van der Waals surface area contributed by atoms with Crippen LogP contribution in [0.15, 0.2) is 31.0 Å². The normalized spacial score (nSPS) is 10.1. The predicted octanol–water partition coefficient (Wildman–Crippen LogP) is 0.968. The molecule has 0 saturated heterocycles. The summed E-state index contributed by atoms with van der Waals surface area (Å²) in [4.78, 5) is 12.4. The van der Waals surface area contributed by atoms with E-state index in [-0.39, 0.29) is 0 Å². The van der Waals surface area contributed by atoms with Gasteiger partial charge in [-0.15, -0.1) is 0 Å². The molecule has 0 unspecified atom stereocenters. The molecule has 2 rings (SSSR count). The molecule has 0 spiro atoms. The minimum atomic E-state index is 0.873. The molecule has 0 aliphatic heterocycles. The number of hydrogen-bond acceptors (Lipinski definition) is 3. The van der Waals surface area contributed by atoms with Gasteiger partial charge < -0.3 is 0 Å². The van der Waals surface area contributed by atoms with Crippen LogP contribution in [0.1, 0.15) is 0 Å². The van der Waals surface area contributed by atoms with Crippen molar-refractivity contribution in [1.29, 1.82) is 0 Å². The first-order valence-electron chi connectivity index (χ1n) is 4.05. The van der Waals surface area contributed by atoms with E-state index in [9.17, 15) is 0 Å². The maximum Gasteiger partial charge on any atom is 0.275 e. The third kappa shape index (κ3) is 1.72. The minimum absolute atomic E-state index is 0.873. The van der Waals surface area contributed by atoms with Gasteiger partial charge in [-0.1, -0.05) is 9.97 Å². The first kappa shape index (κ1) is 9.45. The zero-order valence-electron chi connectivity index (χ0n) is 7.55. The molecule has 0 bridgehead atoms. The molecular formula is C9H8IN4+. The quantitative estimate of drug-likeness (QED) is 0.448. The van der Waals surface area contributed by atoms with Crippen molar-refractivity contribution in [2.24, 2.45) is 7.05 Å². The maximum absolute atomic E-state index is 4.22. The molecule has 5 heteroatoms. The topological polar surface area (TPSA) is 42.5 Å². The molecule has 70 valence electrons. The van der Waals surface area contributed by atoms with E-state index in [1.807, 2.05) is 23.7 Å². The Morgan fingerprint density at radius 1 is 1.36 bits per heavy atom. The van der Waals surface area contributed by atoms with E-state index >= 15 is 0 Å². The van der Waals surface area contributed by atoms with Crippen LogP contribution < -0.4 is 4.57 Å². The van der Waals surface area contributed by atoms with Crippen molar-refractivity contribution < 1.29 is 4.57 Å². The number of halogens is 1. The standard InChI is InChI=1S/C9H8IN4/c1-14-6-11-5-13-9(14)7-3-2-4-12-8(7)10/h2-6H,1H3/q+1.